The van der Waals surface area contributed by atoms with Crippen LogP contribution in [0.2, 0.25) is 0 Å². The third-order valence-corrected chi connectivity index (χ3v) is 4.56. The molecule has 2 amide bonds. The fourth-order valence-corrected chi connectivity index (χ4v) is 2.97. The highest BCUT2D eigenvalue weighted by Gasteiger charge is 2.28. The number of aryl methyl sites for hydroxylation is 1. The van der Waals surface area contributed by atoms with Crippen molar-refractivity contribution in [3.63, 3.8) is 0 Å². The normalized spacial score (nSPS) is 16.9. The largest absolute Gasteiger partial charge is 0.490 e. The molecular formula is C20H24N4O3. The molecular weight excluding hydrogens is 344 g/mol. The van der Waals surface area contributed by atoms with Gasteiger partial charge in [-0.2, -0.15) is 5.10 Å². The van der Waals surface area contributed by atoms with Gasteiger partial charge in [0.15, 0.2) is 5.69 Å². The molecule has 0 bridgehead atoms. The van der Waals surface area contributed by atoms with Crippen LogP contribution in [0.3, 0.4) is 0 Å². The van der Waals surface area contributed by atoms with Crippen LogP contribution in [0.4, 0.5) is 5.69 Å². The average Bonchev–Trinajstić information content (AvgIpc) is 3.12. The zero-order valence-electron chi connectivity index (χ0n) is 15.6. The molecule has 1 unspecified atom stereocenters. The summed E-state index contributed by atoms with van der Waals surface area (Å²) >= 11 is 0. The van der Waals surface area contributed by atoms with E-state index in [1.165, 1.54) is 11.1 Å². The molecule has 7 nitrogen and oxygen atoms in total. The number of H-pyrrole nitrogens is 1. The third-order valence-electron chi connectivity index (χ3n) is 4.56. The Labute approximate surface area is 158 Å². The number of ether oxygens (including phenoxy) is 1. The van der Waals surface area contributed by atoms with Gasteiger partial charge in [0.25, 0.3) is 5.91 Å². The van der Waals surface area contributed by atoms with Gasteiger partial charge in [-0.25, -0.2) is 4.99 Å². The number of hydrogen-bond acceptors (Lipinski definition) is 4. The molecule has 7 heteroatoms. The van der Waals surface area contributed by atoms with Crippen molar-refractivity contribution in [1.82, 2.24) is 10.2 Å². The minimum Gasteiger partial charge on any atom is -0.490 e. The molecule has 0 fully saturated rings. The molecule has 2 aromatic rings. The molecule has 0 saturated carbocycles. The van der Waals surface area contributed by atoms with E-state index in [2.05, 4.69) is 22.1 Å². The lowest BCUT2D eigenvalue weighted by Gasteiger charge is -2.17. The fourth-order valence-electron chi connectivity index (χ4n) is 2.97. The zero-order chi connectivity index (χ0) is 19.2. The van der Waals surface area contributed by atoms with E-state index in [-0.39, 0.29) is 18.2 Å². The Bertz CT molecular complexity index is 843. The van der Waals surface area contributed by atoms with Crippen LogP contribution in [0.5, 0.6) is 5.75 Å². The van der Waals surface area contributed by atoms with Crippen molar-refractivity contribution in [2.24, 2.45) is 10.9 Å². The van der Waals surface area contributed by atoms with E-state index in [9.17, 15) is 9.59 Å². The van der Waals surface area contributed by atoms with Crippen LogP contribution in [0, 0.1) is 5.92 Å². The lowest BCUT2D eigenvalue weighted by molar-refractivity contribution is -0.120. The summed E-state index contributed by atoms with van der Waals surface area (Å²) in [6, 6.07) is 9.06. The van der Waals surface area contributed by atoms with Crippen LogP contribution >= 0.6 is 0 Å². The molecule has 2 heterocycles. The molecule has 3 rings (SSSR count). The summed E-state index contributed by atoms with van der Waals surface area (Å²) in [6.45, 7) is 2.28. The molecule has 27 heavy (non-hydrogen) atoms. The van der Waals surface area contributed by atoms with E-state index in [0.717, 1.165) is 31.4 Å². The second-order valence-electron chi connectivity index (χ2n) is 6.60. The Morgan fingerprint density at radius 1 is 1.41 bits per heavy atom. The predicted octanol–water partition coefficient (Wildman–Crippen LogP) is 3.03. The Balaban J connectivity index is 1.65. The van der Waals surface area contributed by atoms with Crippen molar-refractivity contribution in [2.45, 2.75) is 32.6 Å². The van der Waals surface area contributed by atoms with E-state index in [1.54, 1.807) is 13.1 Å². The first-order valence-corrected chi connectivity index (χ1v) is 9.22. The van der Waals surface area contributed by atoms with Crippen molar-refractivity contribution in [2.75, 3.05) is 18.6 Å². The number of nitrogens with one attached hydrogen (secondary N) is 1. The predicted molar refractivity (Wildman–Crippen MR) is 103 cm³/mol. The van der Waals surface area contributed by atoms with Crippen LogP contribution in [-0.2, 0) is 11.2 Å². The molecule has 0 aliphatic carbocycles. The second kappa shape index (κ2) is 8.62. The number of aromatic amines is 1. The lowest BCUT2D eigenvalue weighted by atomic mass is 10.1. The summed E-state index contributed by atoms with van der Waals surface area (Å²) < 4.78 is 5.71. The molecule has 1 aliphatic rings. The highest BCUT2D eigenvalue weighted by Crippen LogP contribution is 2.30. The smallest absolute Gasteiger partial charge is 0.297 e. The van der Waals surface area contributed by atoms with Crippen LogP contribution in [0.15, 0.2) is 35.3 Å². The Morgan fingerprint density at radius 2 is 2.22 bits per heavy atom. The van der Waals surface area contributed by atoms with E-state index in [0.29, 0.717) is 11.4 Å². The fraction of sp³-hybridized carbons (Fsp3) is 0.400. The second-order valence-corrected chi connectivity index (χ2v) is 6.60. The number of carbonyl (C=O) groups is 2. The van der Waals surface area contributed by atoms with Gasteiger partial charge in [0.1, 0.15) is 18.3 Å². The summed E-state index contributed by atoms with van der Waals surface area (Å²) in [5.41, 5.74) is 1.89. The van der Waals surface area contributed by atoms with Crippen molar-refractivity contribution in [1.29, 1.82) is 0 Å². The molecule has 0 radical (unpaired) electrons. The van der Waals surface area contributed by atoms with Gasteiger partial charge < -0.3 is 9.64 Å². The number of para-hydroxylation sites is 2. The molecule has 0 saturated heterocycles. The Kier molecular flexibility index (Phi) is 6.01. The number of aromatic nitrogens is 2. The highest BCUT2D eigenvalue weighted by atomic mass is 16.5. The van der Waals surface area contributed by atoms with Gasteiger partial charge in [-0.1, -0.05) is 31.9 Å². The van der Waals surface area contributed by atoms with E-state index in [1.807, 2.05) is 24.3 Å². The van der Waals surface area contributed by atoms with Gasteiger partial charge >= 0.3 is 0 Å². The number of carbonyl (C=O) groups excluding carboxylic acids is 2. The van der Waals surface area contributed by atoms with Gasteiger partial charge in [0, 0.05) is 19.0 Å². The molecule has 1 aromatic heterocycles. The topological polar surface area (TPSA) is 87.7 Å². The van der Waals surface area contributed by atoms with E-state index in [4.69, 9.17) is 4.74 Å². The molecule has 1 aliphatic heterocycles. The molecule has 0 spiro atoms. The van der Waals surface area contributed by atoms with Gasteiger partial charge in [-0.15, -0.1) is 0 Å². The summed E-state index contributed by atoms with van der Waals surface area (Å²) in [7, 11) is 1.69. The standard InChI is InChI=1S/C20H24N4O3/c1-3-4-5-8-15-11-16(23-22-15)19(25)21-12-14-13-27-18-10-7-6-9-17(18)24(2)20(14)26/h6-7,9-12,14H,3-5,8,13H2,1-2H3,(H,22,23). The van der Waals surface area contributed by atoms with Gasteiger partial charge in [0.05, 0.1) is 5.69 Å². The first kappa shape index (κ1) is 18.8. The number of fused-ring (bicyclic) bond motifs is 1. The summed E-state index contributed by atoms with van der Waals surface area (Å²) in [5.74, 6) is -0.627. The number of amides is 2. The number of rotatable bonds is 6. The minimum atomic E-state index is -0.630. The third kappa shape index (κ3) is 4.42. The number of anilines is 1. The number of hydrogen-bond donors (Lipinski definition) is 1. The van der Waals surface area contributed by atoms with E-state index >= 15 is 0 Å². The van der Waals surface area contributed by atoms with Crippen LogP contribution < -0.4 is 9.64 Å². The van der Waals surface area contributed by atoms with Gasteiger partial charge in [0.2, 0.25) is 5.91 Å². The Morgan fingerprint density at radius 3 is 3.04 bits per heavy atom. The highest BCUT2D eigenvalue weighted by molar-refractivity contribution is 6.07. The van der Waals surface area contributed by atoms with Crippen LogP contribution in [0.25, 0.3) is 0 Å². The molecule has 1 N–H and O–H groups in total. The number of unbranched alkanes of at least 4 members (excludes halogenated alkanes) is 2. The first-order valence-electron chi connectivity index (χ1n) is 9.22. The van der Waals surface area contributed by atoms with Crippen LogP contribution in [-0.4, -0.2) is 41.9 Å². The molecule has 1 aromatic carbocycles. The van der Waals surface area contributed by atoms with Crippen molar-refractivity contribution >= 4 is 23.7 Å². The van der Waals surface area contributed by atoms with E-state index < -0.39 is 11.8 Å². The summed E-state index contributed by atoms with van der Waals surface area (Å²) in [6.07, 6.45) is 5.55. The molecule has 142 valence electrons. The maximum absolute atomic E-state index is 12.6. The van der Waals surface area contributed by atoms with Gasteiger partial charge in [-0.05, 0) is 31.0 Å². The Hall–Kier alpha value is -2.96. The van der Waals surface area contributed by atoms with Crippen molar-refractivity contribution in [3.05, 3.63) is 41.7 Å². The maximum Gasteiger partial charge on any atom is 0.297 e. The number of aliphatic imine (C=N–C) groups is 1. The lowest BCUT2D eigenvalue weighted by Crippen LogP contribution is -2.34. The summed E-state index contributed by atoms with van der Waals surface area (Å²) in [5, 5.41) is 6.91. The van der Waals surface area contributed by atoms with Gasteiger partial charge in [-0.3, -0.25) is 14.7 Å². The quantitative estimate of drug-likeness (QED) is 0.627. The first-order chi connectivity index (χ1) is 13.1. The van der Waals surface area contributed by atoms with Crippen LogP contribution in [0.1, 0.15) is 42.4 Å². The zero-order valence-corrected chi connectivity index (χ0v) is 15.6. The monoisotopic (exact) mass is 368 g/mol. The SMILES string of the molecule is CCCCCc1cc(C(=O)N=CC2COc3ccccc3N(C)C2=O)n[nH]1. The number of benzene rings is 1. The molecule has 1 atom stereocenters. The minimum absolute atomic E-state index is 0.139. The average molecular weight is 368 g/mol. The van der Waals surface area contributed by atoms with Crippen molar-refractivity contribution in [3.8, 4) is 5.75 Å². The number of nitrogens with zero attached hydrogens (tertiary/aromatic N) is 3. The summed E-state index contributed by atoms with van der Waals surface area (Å²) in [4.78, 5) is 30.4. The maximum atomic E-state index is 12.6. The van der Waals surface area contributed by atoms with Crippen molar-refractivity contribution < 1.29 is 14.3 Å².